The van der Waals surface area contributed by atoms with E-state index in [0.717, 1.165) is 31.6 Å². The smallest absolute Gasteiger partial charge is 0.0943 e. The lowest BCUT2D eigenvalue weighted by molar-refractivity contribution is 0.110. The van der Waals surface area contributed by atoms with E-state index in [1.54, 1.807) is 0 Å². The first-order chi connectivity index (χ1) is 9.74. The molecule has 0 aromatic carbocycles. The second kappa shape index (κ2) is 11.7. The largest absolute Gasteiger partial charge is 0.392 e. The molecule has 2 atom stereocenters. The predicted octanol–water partition coefficient (Wildman–Crippen LogP) is 3.64. The van der Waals surface area contributed by atoms with E-state index in [9.17, 15) is 9.32 Å². The number of hydrogen-bond donors (Lipinski definition) is 1. The van der Waals surface area contributed by atoms with Gasteiger partial charge in [-0.1, -0.05) is 58.3 Å². The number of aliphatic hydroxyl groups is 1. The van der Waals surface area contributed by atoms with Gasteiger partial charge in [0, 0.05) is 18.8 Å². The van der Waals surface area contributed by atoms with Crippen LogP contribution < -0.4 is 0 Å². The molecule has 1 fully saturated rings. The van der Waals surface area contributed by atoms with Gasteiger partial charge in [-0.3, -0.25) is 0 Å². The van der Waals surface area contributed by atoms with Crippen molar-refractivity contribution in [3.63, 3.8) is 0 Å². The van der Waals surface area contributed by atoms with Crippen molar-refractivity contribution in [2.75, 3.05) is 18.8 Å². The Kier molecular flexibility index (Phi) is 10.6. The molecular weight excluding hydrogens is 270 g/mol. The molecule has 0 amide bonds. The van der Waals surface area contributed by atoms with Crippen LogP contribution in [0.4, 0.5) is 0 Å². The first-order valence-electron chi connectivity index (χ1n) is 8.55. The van der Waals surface area contributed by atoms with Crippen molar-refractivity contribution in [1.82, 2.24) is 4.31 Å². The highest BCUT2D eigenvalue weighted by molar-refractivity contribution is 7.82. The molecule has 0 spiro atoms. The van der Waals surface area contributed by atoms with Crippen molar-refractivity contribution in [3.05, 3.63) is 0 Å². The summed E-state index contributed by atoms with van der Waals surface area (Å²) in [7, 11) is -0.865. The molecule has 0 radical (unpaired) electrons. The number of hydrogen-bond acceptors (Lipinski definition) is 2. The Morgan fingerprint density at radius 2 is 1.65 bits per heavy atom. The van der Waals surface area contributed by atoms with E-state index in [0.29, 0.717) is 6.54 Å². The molecule has 1 N–H and O–H groups in total. The number of β-amino-alcohol motifs (C(OH)–C–C–N with tert-alkyl or cyclic N) is 1. The lowest BCUT2D eigenvalue weighted by Gasteiger charge is -2.28. The summed E-state index contributed by atoms with van der Waals surface area (Å²) in [6.07, 6.45) is 13.3. The highest BCUT2D eigenvalue weighted by Gasteiger charge is 2.21. The standard InChI is InChI=1S/C16H33NO2S/c1-2-3-4-5-6-7-8-9-10-14-20(19)17-13-11-12-16(18)15-17/h16,18H,2-15H2,1H3. The molecule has 1 heterocycles. The van der Waals surface area contributed by atoms with E-state index in [2.05, 4.69) is 6.92 Å². The van der Waals surface area contributed by atoms with Gasteiger partial charge < -0.3 is 5.11 Å². The van der Waals surface area contributed by atoms with Crippen LogP contribution in [0.1, 0.15) is 77.6 Å². The molecule has 4 heteroatoms. The summed E-state index contributed by atoms with van der Waals surface area (Å²) in [6.45, 7) is 3.74. The van der Waals surface area contributed by atoms with Crippen LogP contribution in [0.5, 0.6) is 0 Å². The third-order valence-corrected chi connectivity index (χ3v) is 5.62. The second-order valence-electron chi connectivity index (χ2n) is 6.04. The maximum atomic E-state index is 12.1. The topological polar surface area (TPSA) is 40.5 Å². The molecule has 20 heavy (non-hydrogen) atoms. The van der Waals surface area contributed by atoms with Gasteiger partial charge in [-0.05, 0) is 19.3 Å². The van der Waals surface area contributed by atoms with Gasteiger partial charge in [-0.25, -0.2) is 8.51 Å². The molecule has 1 rings (SSSR count). The van der Waals surface area contributed by atoms with Crippen LogP contribution in [0.25, 0.3) is 0 Å². The molecule has 0 aromatic rings. The fraction of sp³-hybridized carbons (Fsp3) is 1.00. The SMILES string of the molecule is CCCCCCCCCCCS(=O)N1CCCC(O)C1. The van der Waals surface area contributed by atoms with E-state index >= 15 is 0 Å². The van der Waals surface area contributed by atoms with Crippen molar-refractivity contribution in [2.45, 2.75) is 83.7 Å². The van der Waals surface area contributed by atoms with Crippen LogP contribution in [0, 0.1) is 0 Å². The first-order valence-corrected chi connectivity index (χ1v) is 9.83. The number of piperidine rings is 1. The normalized spacial score (nSPS) is 22.0. The molecule has 0 bridgehead atoms. The van der Waals surface area contributed by atoms with Gasteiger partial charge >= 0.3 is 0 Å². The minimum absolute atomic E-state index is 0.268. The van der Waals surface area contributed by atoms with Gasteiger partial charge in [0.2, 0.25) is 0 Å². The lowest BCUT2D eigenvalue weighted by Crippen LogP contribution is -2.40. The number of nitrogens with zero attached hydrogens (tertiary/aromatic N) is 1. The second-order valence-corrected chi connectivity index (χ2v) is 7.61. The van der Waals surface area contributed by atoms with Crippen LogP contribution in [0.3, 0.4) is 0 Å². The molecule has 0 saturated carbocycles. The Morgan fingerprint density at radius 3 is 2.25 bits per heavy atom. The molecule has 0 aromatic heterocycles. The Morgan fingerprint density at radius 1 is 1.05 bits per heavy atom. The molecule has 1 aliphatic heterocycles. The summed E-state index contributed by atoms with van der Waals surface area (Å²) >= 11 is 0. The zero-order valence-electron chi connectivity index (χ0n) is 13.2. The van der Waals surface area contributed by atoms with Crippen LogP contribution in [0.15, 0.2) is 0 Å². The van der Waals surface area contributed by atoms with E-state index in [-0.39, 0.29) is 6.10 Å². The number of unbranched alkanes of at least 4 members (excludes halogenated alkanes) is 8. The Labute approximate surface area is 127 Å². The van der Waals surface area contributed by atoms with Crippen LogP contribution in [-0.4, -0.2) is 38.6 Å². The van der Waals surface area contributed by atoms with Gasteiger partial charge in [0.1, 0.15) is 0 Å². The van der Waals surface area contributed by atoms with E-state index in [1.807, 2.05) is 4.31 Å². The number of rotatable bonds is 11. The Bertz CT molecular complexity index is 261. The fourth-order valence-corrected chi connectivity index (χ4v) is 4.15. The van der Waals surface area contributed by atoms with E-state index < -0.39 is 11.0 Å². The van der Waals surface area contributed by atoms with Crippen molar-refractivity contribution in [2.24, 2.45) is 0 Å². The van der Waals surface area contributed by atoms with Gasteiger partial charge in [-0.2, -0.15) is 0 Å². The summed E-state index contributed by atoms with van der Waals surface area (Å²) < 4.78 is 14.0. The Hall–Kier alpha value is 0.0700. The summed E-state index contributed by atoms with van der Waals surface area (Å²) in [5.41, 5.74) is 0. The van der Waals surface area contributed by atoms with Crippen LogP contribution in [-0.2, 0) is 11.0 Å². The molecular formula is C16H33NO2S. The molecule has 1 aliphatic rings. The van der Waals surface area contributed by atoms with Crippen LogP contribution in [0.2, 0.25) is 0 Å². The third-order valence-electron chi connectivity index (χ3n) is 4.07. The molecule has 1 saturated heterocycles. The van der Waals surface area contributed by atoms with Crippen molar-refractivity contribution in [1.29, 1.82) is 0 Å². The van der Waals surface area contributed by atoms with Crippen LogP contribution >= 0.6 is 0 Å². The average Bonchev–Trinajstić information content (AvgIpc) is 2.45. The summed E-state index contributed by atoms with van der Waals surface area (Å²) in [6, 6.07) is 0. The highest BCUT2D eigenvalue weighted by Crippen LogP contribution is 2.14. The van der Waals surface area contributed by atoms with E-state index in [1.165, 1.54) is 51.4 Å². The molecule has 120 valence electrons. The van der Waals surface area contributed by atoms with Crippen molar-refractivity contribution in [3.8, 4) is 0 Å². The lowest BCUT2D eigenvalue weighted by atomic mass is 10.1. The van der Waals surface area contributed by atoms with Gasteiger partial charge in [0.05, 0.1) is 17.1 Å². The van der Waals surface area contributed by atoms with Crippen molar-refractivity contribution < 1.29 is 9.32 Å². The quantitative estimate of drug-likeness (QED) is 0.592. The fourth-order valence-electron chi connectivity index (χ4n) is 2.77. The first kappa shape index (κ1) is 18.1. The van der Waals surface area contributed by atoms with Crippen molar-refractivity contribution >= 4 is 11.0 Å². The molecule has 0 aliphatic carbocycles. The zero-order valence-corrected chi connectivity index (χ0v) is 14.0. The van der Waals surface area contributed by atoms with Gasteiger partial charge in [0.15, 0.2) is 0 Å². The maximum absolute atomic E-state index is 12.1. The summed E-state index contributed by atoms with van der Waals surface area (Å²) in [5.74, 6) is 0.780. The summed E-state index contributed by atoms with van der Waals surface area (Å²) in [5, 5.41) is 9.58. The van der Waals surface area contributed by atoms with Gasteiger partial charge in [0.25, 0.3) is 0 Å². The predicted molar refractivity (Wildman–Crippen MR) is 87.1 cm³/mol. The number of aliphatic hydroxyl groups excluding tert-OH is 1. The molecule has 2 unspecified atom stereocenters. The molecule has 3 nitrogen and oxygen atoms in total. The third kappa shape index (κ3) is 8.38. The Balaban J connectivity index is 1.91. The minimum atomic E-state index is -0.865. The summed E-state index contributed by atoms with van der Waals surface area (Å²) in [4.78, 5) is 0. The maximum Gasteiger partial charge on any atom is 0.0943 e. The van der Waals surface area contributed by atoms with Gasteiger partial charge in [-0.15, -0.1) is 0 Å². The average molecular weight is 304 g/mol. The van der Waals surface area contributed by atoms with E-state index in [4.69, 9.17) is 0 Å². The monoisotopic (exact) mass is 303 g/mol. The minimum Gasteiger partial charge on any atom is -0.392 e. The highest BCUT2D eigenvalue weighted by atomic mass is 32.2. The zero-order chi connectivity index (χ0) is 14.6.